The van der Waals surface area contributed by atoms with Gasteiger partial charge in [-0.2, -0.15) is 13.7 Å². The maximum absolute atomic E-state index is 6.60. The third-order valence-corrected chi connectivity index (χ3v) is 20.7. The van der Waals surface area contributed by atoms with Gasteiger partial charge in [0, 0.05) is 72.0 Å². The molecule has 87 heavy (non-hydrogen) atoms. The Morgan fingerprint density at radius 3 is 1.24 bits per heavy atom. The number of hydrogen-bond acceptors (Lipinski definition) is 3. The van der Waals surface area contributed by atoms with Crippen molar-refractivity contribution < 1.29 is 27.9 Å². The minimum atomic E-state index is -0.0888. The van der Waals surface area contributed by atoms with E-state index in [0.29, 0.717) is 20.2 Å². The van der Waals surface area contributed by atoms with E-state index >= 15 is 0 Å². The lowest BCUT2D eigenvalue weighted by molar-refractivity contribution is -0.717. The summed E-state index contributed by atoms with van der Waals surface area (Å²) in [5.74, 6) is 3.14. The van der Waals surface area contributed by atoms with Crippen LogP contribution in [0.3, 0.4) is 0 Å². The van der Waals surface area contributed by atoms with Crippen molar-refractivity contribution in [2.75, 3.05) is 0 Å². The minimum absolute atomic E-state index is 0.00401. The number of hydrogen-bond donors (Lipinski definition) is 0. The van der Waals surface area contributed by atoms with Crippen LogP contribution < -0.4 is 27.9 Å². The van der Waals surface area contributed by atoms with Gasteiger partial charge in [0.25, 0.3) is 20.2 Å². The Hall–Kier alpha value is -10.2. The summed E-state index contributed by atoms with van der Waals surface area (Å²) in [6, 6.07) is 75.5. The molecule has 0 fully saturated rings. The van der Waals surface area contributed by atoms with Crippen LogP contribution in [0.4, 0.5) is 0 Å². The number of benzene rings is 12. The first-order valence-corrected chi connectivity index (χ1v) is 30.6. The van der Waals surface area contributed by atoms with E-state index < -0.39 is 0 Å². The molecule has 0 unspecified atom stereocenters. The first-order chi connectivity index (χ1) is 42.4. The molecule has 0 spiro atoms. The highest BCUT2D eigenvalue weighted by Crippen LogP contribution is 2.59. The Kier molecular flexibility index (Phi) is 9.63. The van der Waals surface area contributed by atoms with Crippen molar-refractivity contribution in [3.05, 3.63) is 252 Å². The van der Waals surface area contributed by atoms with E-state index in [1.165, 1.54) is 164 Å². The summed E-state index contributed by atoms with van der Waals surface area (Å²) in [7, 11) is 0. The topological polar surface area (TPSA) is 39.3 Å². The highest BCUT2D eigenvalue weighted by molar-refractivity contribution is 6.10. The van der Waals surface area contributed by atoms with E-state index in [9.17, 15) is 0 Å². The molecule has 0 saturated carbocycles. The zero-order valence-corrected chi connectivity index (χ0v) is 49.5. The van der Waals surface area contributed by atoms with Crippen LogP contribution in [-0.4, -0.2) is 0 Å². The number of pyridine rings is 3. The lowest BCUT2D eigenvalue weighted by Crippen LogP contribution is -2.42. The Bertz CT molecular complexity index is 5560. The maximum atomic E-state index is 6.60. The van der Waals surface area contributed by atoms with Gasteiger partial charge in [0.2, 0.25) is 22.6 Å². The molecule has 6 heteroatoms. The van der Waals surface area contributed by atoms with Crippen LogP contribution in [0.15, 0.2) is 219 Å². The molecule has 3 aliphatic heterocycles. The minimum Gasteiger partial charge on any atom is -0.434 e. The quantitative estimate of drug-likeness (QED) is 0.112. The average molecular weight is 1120 g/mol. The number of aromatic nitrogens is 3. The largest absolute Gasteiger partial charge is 0.434 e. The molecule has 0 bridgehead atoms. The molecule has 6 nitrogen and oxygen atoms in total. The highest BCUT2D eigenvalue weighted by Gasteiger charge is 2.50. The van der Waals surface area contributed by atoms with Crippen LogP contribution in [0.5, 0.6) is 17.2 Å². The maximum Gasteiger partial charge on any atom is 0.293 e. The highest BCUT2D eigenvalue weighted by atomic mass is 16.5. The van der Waals surface area contributed by atoms with E-state index in [1.807, 2.05) is 0 Å². The number of ether oxygens (including phenoxy) is 3. The normalized spacial score (nSPS) is 15.7. The molecule has 6 heterocycles. The predicted octanol–water partition coefficient (Wildman–Crippen LogP) is 18.3. The van der Waals surface area contributed by atoms with Gasteiger partial charge in [-0.15, -0.1) is 0 Å². The van der Waals surface area contributed by atoms with Gasteiger partial charge < -0.3 is 14.2 Å². The van der Waals surface area contributed by atoms with E-state index in [1.54, 1.807) is 0 Å². The van der Waals surface area contributed by atoms with Crippen LogP contribution in [0, 0.1) is 0 Å². The SMILES string of the molecule is CC1(C)c2cc3cc4ccccc4cc3c3c2-c2c1c1ccccc1c[n+]2CO3.CC1(C)c2cc3cc4ccccc4cc3c3c2-c2c1cc1cc4ccccc4cc1[n+]2CO3.CC1(C)c2cc3cc4ccccc4cc3c3c2-c2c1ccc[n+]2CO3. The summed E-state index contributed by atoms with van der Waals surface area (Å²) in [5.41, 5.74) is 17.2. The second-order valence-corrected chi connectivity index (χ2v) is 26.6. The number of nitrogens with zero attached hydrogens (tertiary/aromatic N) is 3. The molecule has 3 aromatic heterocycles. The summed E-state index contributed by atoms with van der Waals surface area (Å²) in [6.45, 7) is 15.8. The van der Waals surface area contributed by atoms with Crippen LogP contribution in [0.25, 0.3) is 131 Å². The molecule has 21 rings (SSSR count). The Balaban J connectivity index is 0.0000000960. The summed E-state index contributed by atoms with van der Waals surface area (Å²) in [6.07, 6.45) is 4.37. The first-order valence-electron chi connectivity index (χ1n) is 30.6. The van der Waals surface area contributed by atoms with Crippen molar-refractivity contribution >= 4 is 97.1 Å². The van der Waals surface area contributed by atoms with E-state index in [0.717, 1.165) is 17.2 Å². The molecule has 0 radical (unpaired) electrons. The van der Waals surface area contributed by atoms with Gasteiger partial charge in [-0.3, -0.25) is 0 Å². The molecule has 0 atom stereocenters. The molecule has 0 amide bonds. The summed E-state index contributed by atoms with van der Waals surface area (Å²) < 4.78 is 26.2. The molecule has 414 valence electrons. The van der Waals surface area contributed by atoms with E-state index in [-0.39, 0.29) is 16.2 Å². The zero-order chi connectivity index (χ0) is 58.0. The molecule has 6 aliphatic rings. The lowest BCUT2D eigenvalue weighted by atomic mass is 9.80. The fraction of sp³-hybridized carbons (Fsp3) is 0.148. The molecule has 3 aliphatic carbocycles. The standard InChI is InChI=1S/C31H22NO.C27H20NO.C23H18NO/c1-31(2)25-14-22-11-18-7-3-5-9-20(18)13-24(22)30-28(25)29-26(31)15-23-12-19-8-4-6-10-21(19)16-27(23)32(29)17-33-30;1-27(2)22-13-19-11-16-7-3-4-8-17(16)12-21(19)26-23(22)25-24(27)20-10-6-5-9-18(20)14-28(25)15-29-26;1-23(2)18-8-5-9-24-13-25-22-17-11-15-7-4-3-6-14(15)10-16(17)12-19(23)20(22)21(18)24/h3-16H,17H2,1-2H3;3-14H,15H2,1-2H3;3-12H,13H2,1-2H3/q3*+1. The molecule has 15 aromatic rings. The summed E-state index contributed by atoms with van der Waals surface area (Å²) in [4.78, 5) is 0. The van der Waals surface area contributed by atoms with Crippen molar-refractivity contribution in [2.45, 2.75) is 78.0 Å². The van der Waals surface area contributed by atoms with Crippen molar-refractivity contribution in [2.24, 2.45) is 0 Å². The van der Waals surface area contributed by atoms with Crippen molar-refractivity contribution in [3.8, 4) is 51.0 Å². The molecule has 12 aromatic carbocycles. The summed E-state index contributed by atoms with van der Waals surface area (Å²) >= 11 is 0. The monoisotopic (exact) mass is 1120 g/mol. The fourth-order valence-corrected chi connectivity index (χ4v) is 16.4. The second kappa shape index (κ2) is 17.0. The van der Waals surface area contributed by atoms with Gasteiger partial charge in [0.05, 0.1) is 16.7 Å². The lowest BCUT2D eigenvalue weighted by Gasteiger charge is -2.22. The van der Waals surface area contributed by atoms with Gasteiger partial charge in [-0.25, -0.2) is 0 Å². The molecule has 0 saturated heterocycles. The Morgan fingerprint density at radius 1 is 0.299 bits per heavy atom. The van der Waals surface area contributed by atoms with Gasteiger partial charge in [-0.05, 0) is 160 Å². The fourth-order valence-electron chi connectivity index (χ4n) is 16.4. The van der Waals surface area contributed by atoms with Gasteiger partial charge >= 0.3 is 0 Å². The predicted molar refractivity (Wildman–Crippen MR) is 352 cm³/mol. The molecular weight excluding hydrogens is 1060 g/mol. The van der Waals surface area contributed by atoms with Crippen molar-refractivity contribution in [1.82, 2.24) is 0 Å². The third kappa shape index (κ3) is 6.62. The zero-order valence-electron chi connectivity index (χ0n) is 49.5. The second-order valence-electron chi connectivity index (χ2n) is 26.6. The van der Waals surface area contributed by atoms with Gasteiger partial charge in [0.1, 0.15) is 17.2 Å². The smallest absolute Gasteiger partial charge is 0.293 e. The van der Waals surface area contributed by atoms with Crippen molar-refractivity contribution in [1.29, 1.82) is 0 Å². The van der Waals surface area contributed by atoms with Crippen LogP contribution in [0.2, 0.25) is 0 Å². The van der Waals surface area contributed by atoms with Crippen LogP contribution in [-0.2, 0) is 36.4 Å². The Morgan fingerprint density at radius 2 is 0.701 bits per heavy atom. The van der Waals surface area contributed by atoms with Crippen molar-refractivity contribution in [3.63, 3.8) is 0 Å². The summed E-state index contributed by atoms with van der Waals surface area (Å²) in [5, 5.41) is 21.5. The Labute approximate surface area is 503 Å². The van der Waals surface area contributed by atoms with Crippen LogP contribution in [0.1, 0.15) is 74.9 Å². The molecule has 0 N–H and O–H groups in total. The van der Waals surface area contributed by atoms with Crippen LogP contribution >= 0.6 is 0 Å². The number of fused-ring (bicyclic) bond motifs is 14. The third-order valence-electron chi connectivity index (χ3n) is 20.7. The van der Waals surface area contributed by atoms with E-state index in [2.05, 4.69) is 274 Å². The van der Waals surface area contributed by atoms with Gasteiger partial charge in [-0.1, -0.05) is 157 Å². The number of rotatable bonds is 0. The van der Waals surface area contributed by atoms with Gasteiger partial charge in [0.15, 0.2) is 12.4 Å². The molecular formula is C81H60N3O3+3. The first kappa shape index (κ1) is 49.1. The van der Waals surface area contributed by atoms with E-state index in [4.69, 9.17) is 14.2 Å². The average Bonchev–Trinajstić information content (AvgIpc) is 1.58.